The highest BCUT2D eigenvalue weighted by Gasteiger charge is 2.56. The molecule has 1 aliphatic carbocycles. The van der Waals surface area contributed by atoms with Crippen LogP contribution in [0.3, 0.4) is 0 Å². The van der Waals surface area contributed by atoms with Crippen LogP contribution in [0.15, 0.2) is 66.7 Å². The molecule has 1 unspecified atom stereocenters. The third-order valence-corrected chi connectivity index (χ3v) is 4.90. The second-order valence-corrected chi connectivity index (χ2v) is 6.28. The number of cyclic esters (lactones) is 1. The molecule has 2 fully saturated rings. The molecule has 2 aromatic carbocycles. The van der Waals surface area contributed by atoms with Gasteiger partial charge in [-0.3, -0.25) is 4.90 Å². The van der Waals surface area contributed by atoms with Gasteiger partial charge in [0.05, 0.1) is 12.1 Å². The fourth-order valence-electron chi connectivity index (χ4n) is 3.55. The van der Waals surface area contributed by atoms with Crippen molar-refractivity contribution in [2.24, 2.45) is 0 Å². The first-order chi connectivity index (χ1) is 11.2. The van der Waals surface area contributed by atoms with Gasteiger partial charge in [-0.2, -0.15) is 0 Å². The van der Waals surface area contributed by atoms with Crippen molar-refractivity contribution >= 4 is 6.09 Å². The molecule has 0 N–H and O–H groups in total. The molecule has 1 saturated heterocycles. The van der Waals surface area contributed by atoms with E-state index in [2.05, 4.69) is 55.1 Å². The van der Waals surface area contributed by atoms with Crippen LogP contribution in [0.25, 0.3) is 11.1 Å². The van der Waals surface area contributed by atoms with Gasteiger partial charge >= 0.3 is 6.09 Å². The van der Waals surface area contributed by atoms with Gasteiger partial charge in [-0.1, -0.05) is 61.2 Å². The second-order valence-electron chi connectivity index (χ2n) is 6.28. The van der Waals surface area contributed by atoms with E-state index < -0.39 is 0 Å². The van der Waals surface area contributed by atoms with E-state index in [1.165, 1.54) is 16.7 Å². The van der Waals surface area contributed by atoms with Crippen molar-refractivity contribution in [2.75, 3.05) is 13.2 Å². The zero-order valence-corrected chi connectivity index (χ0v) is 13.0. The first-order valence-corrected chi connectivity index (χ1v) is 7.97. The molecule has 116 valence electrons. The summed E-state index contributed by atoms with van der Waals surface area (Å²) in [5.41, 5.74) is 4.54. The van der Waals surface area contributed by atoms with Gasteiger partial charge in [0.25, 0.3) is 0 Å². The second kappa shape index (κ2) is 5.27. The topological polar surface area (TPSA) is 29.5 Å². The minimum Gasteiger partial charge on any atom is -0.448 e. The minimum atomic E-state index is -0.252. The summed E-state index contributed by atoms with van der Waals surface area (Å²) < 4.78 is 5.14. The number of hydrogen-bond donors (Lipinski definition) is 0. The Bertz CT molecular complexity index is 768. The molecular weight excluding hydrogens is 286 g/mol. The highest BCUT2D eigenvalue weighted by atomic mass is 16.6. The summed E-state index contributed by atoms with van der Waals surface area (Å²) >= 11 is 0. The molecule has 3 nitrogen and oxygen atoms in total. The third kappa shape index (κ3) is 2.33. The number of amides is 1. The Morgan fingerprint density at radius 1 is 1.09 bits per heavy atom. The number of nitrogens with zero attached hydrogens (tertiary/aromatic N) is 1. The average molecular weight is 305 g/mol. The zero-order chi connectivity index (χ0) is 15.9. The molecule has 1 amide bonds. The quantitative estimate of drug-likeness (QED) is 0.798. The fourth-order valence-corrected chi connectivity index (χ4v) is 3.55. The lowest BCUT2D eigenvalue weighted by molar-refractivity contribution is 0.145. The van der Waals surface area contributed by atoms with E-state index in [-0.39, 0.29) is 11.6 Å². The Labute approximate surface area is 136 Å². The van der Waals surface area contributed by atoms with Crippen LogP contribution < -0.4 is 0 Å². The van der Waals surface area contributed by atoms with Gasteiger partial charge in [0.1, 0.15) is 6.61 Å². The molecule has 2 aromatic rings. The lowest BCUT2D eigenvalue weighted by atomic mass is 9.93. The van der Waals surface area contributed by atoms with Crippen molar-refractivity contribution in [1.82, 2.24) is 4.90 Å². The zero-order valence-electron chi connectivity index (χ0n) is 13.0. The lowest BCUT2D eigenvalue weighted by Gasteiger charge is -2.26. The number of carbonyl (C=O) groups is 1. The van der Waals surface area contributed by atoms with E-state index in [9.17, 15) is 4.79 Å². The summed E-state index contributed by atoms with van der Waals surface area (Å²) in [6.07, 6.45) is 1.46. The summed E-state index contributed by atoms with van der Waals surface area (Å²) in [7, 11) is 0. The van der Waals surface area contributed by atoms with Crippen LogP contribution in [0.1, 0.15) is 12.0 Å². The largest absolute Gasteiger partial charge is 0.448 e. The van der Waals surface area contributed by atoms with E-state index >= 15 is 0 Å². The van der Waals surface area contributed by atoms with E-state index in [0.29, 0.717) is 13.2 Å². The van der Waals surface area contributed by atoms with E-state index in [1.54, 1.807) is 0 Å². The fraction of sp³-hybridized carbons (Fsp3) is 0.250. The molecule has 23 heavy (non-hydrogen) atoms. The minimum absolute atomic E-state index is 0.208. The van der Waals surface area contributed by atoms with Gasteiger partial charge < -0.3 is 4.74 Å². The predicted octanol–water partition coefficient (Wildman–Crippen LogP) is 4.05. The monoisotopic (exact) mass is 305 g/mol. The normalized spacial score (nSPS) is 23.0. The third-order valence-electron chi connectivity index (χ3n) is 4.90. The van der Waals surface area contributed by atoms with Crippen LogP contribution in [0, 0.1) is 0 Å². The van der Waals surface area contributed by atoms with Gasteiger partial charge in [-0.25, -0.2) is 4.79 Å². The first-order valence-electron chi connectivity index (χ1n) is 7.97. The van der Waals surface area contributed by atoms with Crippen molar-refractivity contribution in [1.29, 1.82) is 0 Å². The van der Waals surface area contributed by atoms with Crippen molar-refractivity contribution in [3.8, 4) is 11.1 Å². The van der Waals surface area contributed by atoms with Crippen molar-refractivity contribution in [2.45, 2.75) is 18.4 Å². The van der Waals surface area contributed by atoms with Gasteiger partial charge in [-0.15, -0.1) is 0 Å². The molecule has 0 radical (unpaired) electrons. The number of benzene rings is 2. The number of ether oxygens (including phenoxy) is 1. The average Bonchev–Trinajstić information content (AvgIpc) is 3.01. The molecule has 0 bridgehead atoms. The first kappa shape index (κ1) is 14.1. The predicted molar refractivity (Wildman–Crippen MR) is 90.1 cm³/mol. The van der Waals surface area contributed by atoms with E-state index in [4.69, 9.17) is 4.74 Å². The Morgan fingerprint density at radius 3 is 2.43 bits per heavy atom. The van der Waals surface area contributed by atoms with Crippen molar-refractivity contribution < 1.29 is 9.53 Å². The SMILES string of the molecule is C=C1CC1(Cc1ccccc1-c1ccccc1)N1CCOC1=O. The molecule has 1 atom stereocenters. The van der Waals surface area contributed by atoms with Gasteiger partial charge in [0.2, 0.25) is 0 Å². The Morgan fingerprint density at radius 2 is 1.78 bits per heavy atom. The molecule has 4 rings (SSSR count). The van der Waals surface area contributed by atoms with Crippen LogP contribution in [-0.4, -0.2) is 29.7 Å². The van der Waals surface area contributed by atoms with Gasteiger partial charge in [-0.05, 0) is 28.7 Å². The van der Waals surface area contributed by atoms with Crippen LogP contribution in [0.4, 0.5) is 4.79 Å². The summed E-state index contributed by atoms with van der Waals surface area (Å²) in [6, 6.07) is 18.8. The molecule has 1 aliphatic heterocycles. The van der Waals surface area contributed by atoms with Crippen molar-refractivity contribution in [3.63, 3.8) is 0 Å². The summed E-state index contributed by atoms with van der Waals surface area (Å²) in [5.74, 6) is 0. The molecule has 1 heterocycles. The lowest BCUT2D eigenvalue weighted by Crippen LogP contribution is -2.40. The van der Waals surface area contributed by atoms with Gasteiger partial charge in [0, 0.05) is 6.42 Å². The summed E-state index contributed by atoms with van der Waals surface area (Å²) in [6.45, 7) is 5.29. The molecule has 0 spiro atoms. The maximum Gasteiger partial charge on any atom is 0.410 e. The maximum atomic E-state index is 12.0. The van der Waals surface area contributed by atoms with Crippen LogP contribution in [0.2, 0.25) is 0 Å². The van der Waals surface area contributed by atoms with E-state index in [1.807, 2.05) is 11.0 Å². The Hall–Kier alpha value is -2.55. The molecule has 0 aromatic heterocycles. The van der Waals surface area contributed by atoms with Crippen LogP contribution in [-0.2, 0) is 11.2 Å². The summed E-state index contributed by atoms with van der Waals surface area (Å²) in [4.78, 5) is 13.9. The highest BCUT2D eigenvalue weighted by molar-refractivity contribution is 5.74. The molecule has 1 saturated carbocycles. The highest BCUT2D eigenvalue weighted by Crippen LogP contribution is 2.51. The summed E-state index contributed by atoms with van der Waals surface area (Å²) in [5, 5.41) is 0. The number of carbonyl (C=O) groups excluding carboxylic acids is 1. The number of rotatable bonds is 4. The molecule has 2 aliphatic rings. The van der Waals surface area contributed by atoms with Crippen LogP contribution >= 0.6 is 0 Å². The number of hydrogen-bond acceptors (Lipinski definition) is 2. The smallest absolute Gasteiger partial charge is 0.410 e. The van der Waals surface area contributed by atoms with Crippen molar-refractivity contribution in [3.05, 3.63) is 72.3 Å². The standard InChI is InChI=1S/C20H19NO2/c1-15-13-20(15,21-11-12-23-19(21)22)14-17-9-5-6-10-18(17)16-7-3-2-4-8-16/h2-10H,1,11-14H2. The Balaban J connectivity index is 1.70. The van der Waals surface area contributed by atoms with Crippen LogP contribution in [0.5, 0.6) is 0 Å². The van der Waals surface area contributed by atoms with Gasteiger partial charge in [0.15, 0.2) is 0 Å². The van der Waals surface area contributed by atoms with E-state index in [0.717, 1.165) is 18.4 Å². The molecule has 3 heteroatoms. The Kier molecular flexibility index (Phi) is 3.22. The molecular formula is C20H19NO2. The maximum absolute atomic E-state index is 12.0.